The van der Waals surface area contributed by atoms with Crippen molar-refractivity contribution in [3.8, 4) is 17.2 Å². The average Bonchev–Trinajstić information content (AvgIpc) is 2.74. The average molecular weight is 424 g/mol. The molecule has 1 aromatic heterocycles. The van der Waals surface area contributed by atoms with Crippen LogP contribution in [0.5, 0.6) is 17.2 Å². The summed E-state index contributed by atoms with van der Waals surface area (Å²) in [5.41, 5.74) is 1.83. The van der Waals surface area contributed by atoms with E-state index in [1.165, 1.54) is 6.07 Å². The van der Waals surface area contributed by atoms with Crippen molar-refractivity contribution in [3.05, 3.63) is 64.0 Å². The Balaban J connectivity index is 1.43. The maximum Gasteiger partial charge on any atom is 0.336 e. The molecule has 6 nitrogen and oxygen atoms in total. The van der Waals surface area contributed by atoms with Crippen LogP contribution in [0.3, 0.4) is 0 Å². The molecule has 1 atom stereocenters. The number of para-hydroxylation sites is 1. The van der Waals surface area contributed by atoms with Gasteiger partial charge in [0.2, 0.25) is 0 Å². The van der Waals surface area contributed by atoms with Gasteiger partial charge in [-0.25, -0.2) is 4.79 Å². The van der Waals surface area contributed by atoms with E-state index in [0.29, 0.717) is 12.2 Å². The van der Waals surface area contributed by atoms with Gasteiger partial charge < -0.3 is 23.4 Å². The summed E-state index contributed by atoms with van der Waals surface area (Å²) in [5.74, 6) is 2.26. The highest BCUT2D eigenvalue weighted by molar-refractivity contribution is 5.79. The van der Waals surface area contributed by atoms with E-state index in [9.17, 15) is 4.79 Å². The largest absolute Gasteiger partial charge is 0.493 e. The van der Waals surface area contributed by atoms with Crippen molar-refractivity contribution in [2.45, 2.75) is 44.8 Å². The Morgan fingerprint density at radius 3 is 2.71 bits per heavy atom. The third kappa shape index (κ3) is 4.39. The Bertz CT molecular complexity index is 1130. The second kappa shape index (κ2) is 8.63. The zero-order valence-corrected chi connectivity index (χ0v) is 18.4. The van der Waals surface area contributed by atoms with Crippen molar-refractivity contribution in [3.63, 3.8) is 0 Å². The molecule has 0 spiro atoms. The second-order valence-electron chi connectivity index (χ2n) is 8.28. The molecule has 164 valence electrons. The summed E-state index contributed by atoms with van der Waals surface area (Å²) in [6.07, 6.45) is 2.33. The van der Waals surface area contributed by atoms with Gasteiger partial charge in [-0.3, -0.25) is 0 Å². The SMILES string of the molecule is COc1cccc(CCCO[C@@H]2Cc3cc4ccc(=O)oc4cc3OC2(C)C)c1OC. The minimum absolute atomic E-state index is 0.0830. The van der Waals surface area contributed by atoms with Gasteiger partial charge in [0.15, 0.2) is 11.5 Å². The van der Waals surface area contributed by atoms with Crippen LogP contribution in [-0.2, 0) is 17.6 Å². The summed E-state index contributed by atoms with van der Waals surface area (Å²) in [6.45, 7) is 4.66. The molecule has 1 aliphatic heterocycles. The fourth-order valence-electron chi connectivity index (χ4n) is 4.09. The maximum atomic E-state index is 11.5. The molecule has 2 aromatic carbocycles. The lowest BCUT2D eigenvalue weighted by molar-refractivity contribution is -0.0839. The molecule has 4 rings (SSSR count). The van der Waals surface area contributed by atoms with Crippen LogP contribution in [0.2, 0.25) is 0 Å². The van der Waals surface area contributed by atoms with E-state index in [1.807, 2.05) is 32.0 Å². The van der Waals surface area contributed by atoms with Crippen LogP contribution in [0.4, 0.5) is 0 Å². The first-order valence-corrected chi connectivity index (χ1v) is 10.5. The van der Waals surface area contributed by atoms with E-state index in [-0.39, 0.29) is 11.7 Å². The fourth-order valence-corrected chi connectivity index (χ4v) is 4.09. The minimum atomic E-state index is -0.497. The lowest BCUT2D eigenvalue weighted by Crippen LogP contribution is -2.48. The highest BCUT2D eigenvalue weighted by Crippen LogP contribution is 2.37. The van der Waals surface area contributed by atoms with E-state index in [0.717, 1.165) is 53.0 Å². The molecule has 0 saturated heterocycles. The fraction of sp³-hybridized carbons (Fsp3) is 0.400. The molecule has 3 aromatic rings. The van der Waals surface area contributed by atoms with Crippen LogP contribution in [0.25, 0.3) is 11.0 Å². The number of fused-ring (bicyclic) bond motifs is 2. The molecule has 0 unspecified atom stereocenters. The lowest BCUT2D eigenvalue weighted by atomic mass is 9.90. The van der Waals surface area contributed by atoms with Crippen molar-refractivity contribution in [2.75, 3.05) is 20.8 Å². The molecule has 0 N–H and O–H groups in total. The normalized spacial score (nSPS) is 17.1. The van der Waals surface area contributed by atoms with E-state index in [4.69, 9.17) is 23.4 Å². The van der Waals surface area contributed by atoms with Gasteiger partial charge in [0.1, 0.15) is 23.0 Å². The Morgan fingerprint density at radius 2 is 1.94 bits per heavy atom. The van der Waals surface area contributed by atoms with Gasteiger partial charge in [-0.1, -0.05) is 12.1 Å². The molecular weight excluding hydrogens is 396 g/mol. The van der Waals surface area contributed by atoms with Crippen LogP contribution in [0.15, 0.2) is 51.7 Å². The Labute approximate surface area is 181 Å². The van der Waals surface area contributed by atoms with Crippen molar-refractivity contribution >= 4 is 11.0 Å². The zero-order valence-electron chi connectivity index (χ0n) is 18.4. The molecule has 2 heterocycles. The molecule has 6 heteroatoms. The Morgan fingerprint density at radius 1 is 1.10 bits per heavy atom. The maximum absolute atomic E-state index is 11.5. The van der Waals surface area contributed by atoms with Gasteiger partial charge in [0.05, 0.1) is 14.2 Å². The number of ether oxygens (including phenoxy) is 4. The molecule has 0 fully saturated rings. The summed E-state index contributed by atoms with van der Waals surface area (Å²) in [6, 6.07) is 12.9. The number of hydrogen-bond donors (Lipinski definition) is 0. The summed E-state index contributed by atoms with van der Waals surface area (Å²) in [4.78, 5) is 11.5. The second-order valence-corrected chi connectivity index (χ2v) is 8.28. The summed E-state index contributed by atoms with van der Waals surface area (Å²) >= 11 is 0. The van der Waals surface area contributed by atoms with Gasteiger partial charge in [-0.05, 0) is 56.0 Å². The standard InChI is InChI=1S/C25H28O6/c1-25(2)22(29-12-6-8-16-7-5-9-19(27-3)24(16)28-4)14-18-13-17-10-11-23(26)30-20(17)15-21(18)31-25/h5,7,9-11,13,15,22H,6,8,12,14H2,1-4H3/t22-/m1/s1. The van der Waals surface area contributed by atoms with Crippen molar-refractivity contribution in [1.29, 1.82) is 0 Å². The Hall–Kier alpha value is -2.99. The molecule has 0 bridgehead atoms. The Kier molecular flexibility index (Phi) is 5.92. The number of hydrogen-bond acceptors (Lipinski definition) is 6. The first-order valence-electron chi connectivity index (χ1n) is 10.5. The summed E-state index contributed by atoms with van der Waals surface area (Å²) < 4.78 is 28.7. The van der Waals surface area contributed by atoms with Crippen LogP contribution >= 0.6 is 0 Å². The first kappa shape index (κ1) is 21.2. The van der Waals surface area contributed by atoms with Crippen molar-refractivity contribution in [2.24, 2.45) is 0 Å². The number of aryl methyl sites for hydroxylation is 1. The van der Waals surface area contributed by atoms with Gasteiger partial charge in [-0.15, -0.1) is 0 Å². The minimum Gasteiger partial charge on any atom is -0.493 e. The molecule has 0 amide bonds. The van der Waals surface area contributed by atoms with Crippen LogP contribution in [0.1, 0.15) is 31.4 Å². The van der Waals surface area contributed by atoms with Crippen LogP contribution in [0, 0.1) is 0 Å². The topological polar surface area (TPSA) is 67.1 Å². The predicted octanol–water partition coefficient (Wildman–Crippen LogP) is 4.54. The number of benzene rings is 2. The predicted molar refractivity (Wildman–Crippen MR) is 119 cm³/mol. The third-order valence-corrected chi connectivity index (χ3v) is 5.75. The smallest absolute Gasteiger partial charge is 0.336 e. The molecular formula is C25H28O6. The summed E-state index contributed by atoms with van der Waals surface area (Å²) in [7, 11) is 3.30. The highest BCUT2D eigenvalue weighted by atomic mass is 16.6. The van der Waals surface area contributed by atoms with E-state index >= 15 is 0 Å². The molecule has 0 saturated carbocycles. The first-order chi connectivity index (χ1) is 14.9. The van der Waals surface area contributed by atoms with Crippen LogP contribution in [-0.4, -0.2) is 32.5 Å². The van der Waals surface area contributed by atoms with Gasteiger partial charge >= 0.3 is 5.63 Å². The van der Waals surface area contributed by atoms with E-state index in [2.05, 4.69) is 6.07 Å². The lowest BCUT2D eigenvalue weighted by Gasteiger charge is -2.39. The molecule has 0 radical (unpaired) electrons. The van der Waals surface area contributed by atoms with Crippen molar-refractivity contribution in [1.82, 2.24) is 0 Å². The third-order valence-electron chi connectivity index (χ3n) is 5.75. The number of methoxy groups -OCH3 is 2. The van der Waals surface area contributed by atoms with E-state index in [1.54, 1.807) is 26.4 Å². The zero-order chi connectivity index (χ0) is 22.0. The van der Waals surface area contributed by atoms with E-state index < -0.39 is 5.60 Å². The highest BCUT2D eigenvalue weighted by Gasteiger charge is 2.38. The van der Waals surface area contributed by atoms with Gasteiger partial charge in [-0.2, -0.15) is 0 Å². The monoisotopic (exact) mass is 424 g/mol. The molecule has 31 heavy (non-hydrogen) atoms. The van der Waals surface area contributed by atoms with Gasteiger partial charge in [0.25, 0.3) is 0 Å². The quantitative estimate of drug-likeness (QED) is 0.410. The van der Waals surface area contributed by atoms with Crippen LogP contribution < -0.4 is 19.8 Å². The van der Waals surface area contributed by atoms with Gasteiger partial charge in [0, 0.05) is 30.5 Å². The molecule has 1 aliphatic rings. The number of rotatable bonds is 7. The summed E-state index contributed by atoms with van der Waals surface area (Å²) in [5, 5.41) is 0.880. The molecule has 0 aliphatic carbocycles. The van der Waals surface area contributed by atoms with Crippen molar-refractivity contribution < 1.29 is 23.4 Å².